The number of hydrogen-bond donors (Lipinski definition) is 11. The number of carbonyl (C=O) groups is 2. The standard InChI is InChI=1S/C37H64N10O3/c38-27(48)17-16-26(37(49)50)39-25-15-7-14-24-28(25)36-46-34-23-13-6-5-12-22(23)32(44-34)42-30-19-9-2-1-8-18(19)29(40-30)41-31-20-10-3-4-11-21(20)33(43-31)45-35(24)47-36/h18-26,28-36,39-47H,1-17H2,(H2,38,48)(H,49,50)/t18?,19?,20?,21?,22?,23?,24?,25?,26-,28?,29?,30?,31?,32?,33?,34?,35?,36?/m0/s1. The summed E-state index contributed by atoms with van der Waals surface area (Å²) >= 11 is 0. The second-order valence-electron chi connectivity index (χ2n) is 17.8. The van der Waals surface area contributed by atoms with E-state index in [0.29, 0.717) is 53.8 Å². The summed E-state index contributed by atoms with van der Waals surface area (Å²) < 4.78 is 0. The Morgan fingerprint density at radius 2 is 0.860 bits per heavy atom. The average molecular weight is 697 g/mol. The minimum atomic E-state index is -0.902. The second kappa shape index (κ2) is 14.4. The molecular formula is C37H64N10O3. The van der Waals surface area contributed by atoms with Crippen LogP contribution in [0.1, 0.15) is 109 Å². The molecule has 0 aromatic carbocycles. The van der Waals surface area contributed by atoms with Crippen LogP contribution in [0.3, 0.4) is 0 Å². The van der Waals surface area contributed by atoms with Gasteiger partial charge in [0.05, 0.1) is 49.3 Å². The lowest BCUT2D eigenvalue weighted by Gasteiger charge is -2.41. The van der Waals surface area contributed by atoms with Crippen molar-refractivity contribution < 1.29 is 14.7 Å². The van der Waals surface area contributed by atoms with Gasteiger partial charge in [0.15, 0.2) is 0 Å². The van der Waals surface area contributed by atoms with Crippen LogP contribution < -0.4 is 53.6 Å². The van der Waals surface area contributed by atoms with Crippen molar-refractivity contribution in [2.24, 2.45) is 53.1 Å². The van der Waals surface area contributed by atoms with E-state index in [2.05, 4.69) is 47.9 Å². The molecule has 0 aromatic rings. The Labute approximate surface area is 297 Å². The first-order valence-electron chi connectivity index (χ1n) is 20.8. The smallest absolute Gasteiger partial charge is 0.320 e. The van der Waals surface area contributed by atoms with Crippen molar-refractivity contribution in [2.75, 3.05) is 0 Å². The largest absolute Gasteiger partial charge is 0.480 e. The van der Waals surface area contributed by atoms with E-state index < -0.39 is 17.9 Å². The summed E-state index contributed by atoms with van der Waals surface area (Å²) in [6.45, 7) is 0. The fourth-order valence-corrected chi connectivity index (χ4v) is 13.1. The van der Waals surface area contributed by atoms with Gasteiger partial charge in [-0.15, -0.1) is 0 Å². The topological polar surface area (TPSA) is 189 Å². The molecule has 0 aromatic heterocycles. The number of hydrogen-bond acceptors (Lipinski definition) is 11. The molecule has 5 saturated heterocycles. The summed E-state index contributed by atoms with van der Waals surface area (Å²) in [4.78, 5) is 24.1. The number of nitrogens with one attached hydrogen (secondary N) is 9. The Morgan fingerprint density at radius 1 is 0.520 bits per heavy atom. The minimum absolute atomic E-state index is 0.0237. The van der Waals surface area contributed by atoms with E-state index in [-0.39, 0.29) is 61.8 Å². The maximum Gasteiger partial charge on any atom is 0.320 e. The number of carboxylic acid groups (broad SMARTS) is 1. The number of carboxylic acids is 1. The van der Waals surface area contributed by atoms with Gasteiger partial charge in [0.25, 0.3) is 0 Å². The first-order chi connectivity index (χ1) is 24.4. The Morgan fingerprint density at radius 3 is 1.22 bits per heavy atom. The fourth-order valence-electron chi connectivity index (χ4n) is 13.1. The number of primary amides is 1. The third kappa shape index (κ3) is 6.44. The van der Waals surface area contributed by atoms with Crippen LogP contribution in [0.25, 0.3) is 0 Å². The predicted octanol–water partition coefficient (Wildman–Crippen LogP) is 0.892. The van der Waals surface area contributed by atoms with Crippen molar-refractivity contribution in [3.8, 4) is 0 Å². The highest BCUT2D eigenvalue weighted by Crippen LogP contribution is 2.45. The summed E-state index contributed by atoms with van der Waals surface area (Å²) in [5.74, 6) is 2.86. The van der Waals surface area contributed by atoms with E-state index in [1.54, 1.807) is 0 Å². The van der Waals surface area contributed by atoms with Crippen LogP contribution >= 0.6 is 0 Å². The SMILES string of the molecule is NC(=O)CC[C@H](NC1CCCC2C3NC4NC(NC5NC(NC6NC(NC(N3)C12)C1CCCCC61)C1CCCCC51)C1CCCCC41)C(=O)O. The highest BCUT2D eigenvalue weighted by Gasteiger charge is 2.55. The van der Waals surface area contributed by atoms with Crippen LogP contribution in [0.15, 0.2) is 0 Å². The highest BCUT2D eigenvalue weighted by molar-refractivity contribution is 5.77. The Kier molecular flexibility index (Phi) is 9.92. The molecule has 13 heteroatoms. The summed E-state index contributed by atoms with van der Waals surface area (Å²) in [6.07, 6.45) is 20.6. The molecule has 9 fully saturated rings. The van der Waals surface area contributed by atoms with Gasteiger partial charge >= 0.3 is 5.97 Å². The Balaban J connectivity index is 1.04. The van der Waals surface area contributed by atoms with Crippen molar-refractivity contribution in [1.29, 1.82) is 0 Å². The molecule has 13 nitrogen and oxygen atoms in total. The third-order valence-electron chi connectivity index (χ3n) is 15.3. The average Bonchev–Trinajstić information content (AvgIpc) is 3.86. The Hall–Kier alpha value is -1.42. The zero-order chi connectivity index (χ0) is 33.9. The molecule has 5 aliphatic heterocycles. The molecule has 9 rings (SSSR count). The van der Waals surface area contributed by atoms with E-state index in [9.17, 15) is 14.7 Å². The molecule has 18 atom stereocenters. The number of fused-ring (bicyclic) bond motifs is 20. The highest BCUT2D eigenvalue weighted by atomic mass is 16.4. The summed E-state index contributed by atoms with van der Waals surface area (Å²) in [5, 5.41) is 47.1. The molecule has 1 amide bonds. The lowest BCUT2D eigenvalue weighted by atomic mass is 9.74. The number of aliphatic carboxylic acids is 1. The van der Waals surface area contributed by atoms with Crippen LogP contribution in [0.4, 0.5) is 0 Å². The van der Waals surface area contributed by atoms with Gasteiger partial charge in [-0.05, 0) is 99.2 Å². The molecule has 0 radical (unpaired) electrons. The number of rotatable bonds is 6. The van der Waals surface area contributed by atoms with Crippen molar-refractivity contribution in [3.63, 3.8) is 0 Å². The first-order valence-corrected chi connectivity index (χ1v) is 20.8. The van der Waals surface area contributed by atoms with Gasteiger partial charge in [-0.25, -0.2) is 0 Å². The van der Waals surface area contributed by atoms with E-state index in [1.807, 2.05) is 0 Å². The third-order valence-corrected chi connectivity index (χ3v) is 15.3. The molecule has 12 N–H and O–H groups in total. The van der Waals surface area contributed by atoms with Crippen LogP contribution in [-0.4, -0.2) is 78.4 Å². The Bertz CT molecular complexity index is 1240. The van der Waals surface area contributed by atoms with E-state index in [0.717, 1.165) is 19.3 Å². The summed E-state index contributed by atoms with van der Waals surface area (Å²) in [5.41, 5.74) is 5.46. The second-order valence-corrected chi connectivity index (χ2v) is 17.8. The van der Waals surface area contributed by atoms with Crippen molar-refractivity contribution in [2.45, 2.75) is 171 Å². The maximum atomic E-state index is 12.4. The first kappa shape index (κ1) is 34.4. The molecule has 50 heavy (non-hydrogen) atoms. The predicted molar refractivity (Wildman–Crippen MR) is 189 cm³/mol. The molecule has 4 saturated carbocycles. The molecule has 8 bridgehead atoms. The number of carbonyl (C=O) groups excluding carboxylic acids is 1. The van der Waals surface area contributed by atoms with E-state index in [4.69, 9.17) is 5.73 Å². The van der Waals surface area contributed by atoms with Gasteiger partial charge in [0, 0.05) is 18.4 Å². The molecule has 4 aliphatic carbocycles. The zero-order valence-corrected chi connectivity index (χ0v) is 29.8. The quantitative estimate of drug-likeness (QED) is 0.189. The van der Waals surface area contributed by atoms with Crippen LogP contribution in [0.5, 0.6) is 0 Å². The van der Waals surface area contributed by atoms with Crippen molar-refractivity contribution >= 4 is 11.9 Å². The number of amides is 1. The molecule has 280 valence electrons. The molecule has 5 heterocycles. The minimum Gasteiger partial charge on any atom is -0.480 e. The van der Waals surface area contributed by atoms with Gasteiger partial charge in [-0.3, -0.25) is 52.1 Å². The van der Waals surface area contributed by atoms with Gasteiger partial charge < -0.3 is 16.2 Å². The molecular weight excluding hydrogens is 632 g/mol. The van der Waals surface area contributed by atoms with Crippen LogP contribution in [-0.2, 0) is 9.59 Å². The lowest BCUT2D eigenvalue weighted by molar-refractivity contribution is -0.140. The normalized spacial score (nSPS) is 50.4. The monoisotopic (exact) mass is 697 g/mol. The zero-order valence-electron chi connectivity index (χ0n) is 29.8. The molecule has 0 spiro atoms. The fraction of sp³-hybridized carbons (Fsp3) is 0.946. The van der Waals surface area contributed by atoms with Crippen LogP contribution in [0.2, 0.25) is 0 Å². The van der Waals surface area contributed by atoms with Gasteiger partial charge in [0.1, 0.15) is 6.04 Å². The van der Waals surface area contributed by atoms with Gasteiger partial charge in [0.2, 0.25) is 5.91 Å². The van der Waals surface area contributed by atoms with Gasteiger partial charge in [-0.1, -0.05) is 44.9 Å². The molecule has 17 unspecified atom stereocenters. The molecule has 9 aliphatic rings. The summed E-state index contributed by atoms with van der Waals surface area (Å²) in [7, 11) is 0. The summed E-state index contributed by atoms with van der Waals surface area (Å²) in [6, 6.07) is -0.769. The van der Waals surface area contributed by atoms with E-state index >= 15 is 0 Å². The lowest BCUT2D eigenvalue weighted by Crippen LogP contribution is -2.62. The van der Waals surface area contributed by atoms with Crippen molar-refractivity contribution in [3.05, 3.63) is 0 Å². The van der Waals surface area contributed by atoms with Gasteiger partial charge in [-0.2, -0.15) is 0 Å². The maximum absolute atomic E-state index is 12.4. The van der Waals surface area contributed by atoms with Crippen LogP contribution in [0, 0.1) is 47.3 Å². The van der Waals surface area contributed by atoms with Crippen molar-refractivity contribution in [1.82, 2.24) is 47.9 Å². The number of nitrogens with two attached hydrogens (primary N) is 1. The van der Waals surface area contributed by atoms with E-state index in [1.165, 1.54) is 77.0 Å².